The molecule has 2 bridgehead atoms. The van der Waals surface area contributed by atoms with E-state index in [0.29, 0.717) is 18.0 Å². The molecule has 2 aromatic rings. The third-order valence-electron chi connectivity index (χ3n) is 7.07. The van der Waals surface area contributed by atoms with Gasteiger partial charge in [-0.2, -0.15) is 0 Å². The molecule has 0 spiro atoms. The number of hydrogen-bond donors (Lipinski definition) is 2. The van der Waals surface area contributed by atoms with Gasteiger partial charge in [0.15, 0.2) is 11.4 Å². The summed E-state index contributed by atoms with van der Waals surface area (Å²) in [5.74, 6) is -3.28. The van der Waals surface area contributed by atoms with Gasteiger partial charge in [0, 0.05) is 30.9 Å². The molecule has 2 amide bonds. The largest absolute Gasteiger partial charge is 0.503 e. The summed E-state index contributed by atoms with van der Waals surface area (Å²) in [6.45, 7) is 1.47. The number of halogens is 2. The Morgan fingerprint density at radius 3 is 2.47 bits per heavy atom. The van der Waals surface area contributed by atoms with Gasteiger partial charge >= 0.3 is 0 Å². The number of aromatic nitrogens is 1. The number of carbonyl (C=O) groups excluding carboxylic acids is 2. The molecule has 1 aromatic carbocycles. The monoisotopic (exact) mass is 443 g/mol. The van der Waals surface area contributed by atoms with Crippen molar-refractivity contribution in [3.8, 4) is 5.75 Å². The van der Waals surface area contributed by atoms with Gasteiger partial charge in [-0.05, 0) is 56.2 Å². The minimum absolute atomic E-state index is 0.0314. The number of nitrogens with zero attached hydrogens (tertiary/aromatic N) is 2. The van der Waals surface area contributed by atoms with E-state index in [2.05, 4.69) is 5.32 Å². The lowest BCUT2D eigenvalue weighted by Gasteiger charge is -2.53. The number of carbonyl (C=O) groups is 2. The maximum Gasteiger partial charge on any atom is 0.275 e. The molecule has 1 saturated carbocycles. The number of rotatable bonds is 3. The van der Waals surface area contributed by atoms with Crippen molar-refractivity contribution in [1.29, 1.82) is 0 Å². The smallest absolute Gasteiger partial charge is 0.275 e. The van der Waals surface area contributed by atoms with Crippen LogP contribution in [0.4, 0.5) is 8.78 Å². The van der Waals surface area contributed by atoms with Gasteiger partial charge in [-0.3, -0.25) is 14.4 Å². The lowest BCUT2D eigenvalue weighted by Crippen LogP contribution is -2.61. The molecule has 6 rings (SSSR count). The van der Waals surface area contributed by atoms with Gasteiger partial charge in [0.2, 0.25) is 5.43 Å². The van der Waals surface area contributed by atoms with Crippen LogP contribution in [-0.2, 0) is 13.1 Å². The molecular formula is C23H23F2N3O4. The summed E-state index contributed by atoms with van der Waals surface area (Å²) in [6.07, 6.45) is 5.17. The number of aryl methyl sites for hydroxylation is 1. The summed E-state index contributed by atoms with van der Waals surface area (Å²) >= 11 is 0. The van der Waals surface area contributed by atoms with Crippen LogP contribution in [0.3, 0.4) is 0 Å². The maximum absolute atomic E-state index is 14.1. The van der Waals surface area contributed by atoms with Crippen molar-refractivity contribution < 1.29 is 23.5 Å². The van der Waals surface area contributed by atoms with Crippen molar-refractivity contribution in [1.82, 2.24) is 14.8 Å². The Morgan fingerprint density at radius 2 is 1.81 bits per heavy atom. The van der Waals surface area contributed by atoms with Crippen LogP contribution >= 0.6 is 0 Å². The number of nitrogens with one attached hydrogen (secondary N) is 1. The fourth-order valence-corrected chi connectivity index (χ4v) is 5.48. The maximum atomic E-state index is 14.1. The highest BCUT2D eigenvalue weighted by Crippen LogP contribution is 2.43. The second kappa shape index (κ2) is 7.43. The first-order chi connectivity index (χ1) is 15.3. The van der Waals surface area contributed by atoms with E-state index in [1.165, 1.54) is 10.8 Å². The first-order valence-corrected chi connectivity index (χ1v) is 10.8. The van der Waals surface area contributed by atoms with Gasteiger partial charge in [0.1, 0.15) is 17.2 Å². The Balaban J connectivity index is 1.45. The molecule has 9 heteroatoms. The molecule has 2 saturated heterocycles. The Hall–Kier alpha value is -3.23. The van der Waals surface area contributed by atoms with Crippen molar-refractivity contribution in [2.24, 2.45) is 5.92 Å². The molecule has 7 nitrogen and oxygen atoms in total. The zero-order valence-corrected chi connectivity index (χ0v) is 17.5. The highest BCUT2D eigenvalue weighted by molar-refractivity contribution is 5.99. The first-order valence-electron chi connectivity index (χ1n) is 10.8. The Labute approximate surface area is 182 Å². The average molecular weight is 443 g/mol. The molecule has 1 atom stereocenters. The predicted molar refractivity (Wildman–Crippen MR) is 110 cm³/mol. The Kier molecular flexibility index (Phi) is 4.79. The fraction of sp³-hybridized carbons (Fsp3) is 0.435. The van der Waals surface area contributed by atoms with Gasteiger partial charge in [0.05, 0.1) is 6.04 Å². The SMILES string of the molecule is Cc1cc(F)c(CNC(=O)c2cn3c(c(O)c2=O)C(=O)N2[C@H]4CC[C@H](CC4)[C@@H]2C3)c(F)c1. The molecule has 4 aliphatic rings. The summed E-state index contributed by atoms with van der Waals surface area (Å²) in [7, 11) is 0. The molecular weight excluding hydrogens is 420 g/mol. The van der Waals surface area contributed by atoms with Gasteiger partial charge in [-0.25, -0.2) is 8.78 Å². The molecule has 0 unspecified atom stereocenters. The molecule has 2 N–H and O–H groups in total. The summed E-state index contributed by atoms with van der Waals surface area (Å²) < 4.78 is 29.6. The fourth-order valence-electron chi connectivity index (χ4n) is 5.48. The second-order valence-corrected chi connectivity index (χ2v) is 8.96. The van der Waals surface area contributed by atoms with Crippen LogP contribution in [0.1, 0.15) is 57.7 Å². The minimum atomic E-state index is -0.979. The van der Waals surface area contributed by atoms with E-state index in [4.69, 9.17) is 0 Å². The molecule has 1 aromatic heterocycles. The molecule has 3 aliphatic heterocycles. The van der Waals surface area contributed by atoms with Crippen molar-refractivity contribution in [3.63, 3.8) is 0 Å². The minimum Gasteiger partial charge on any atom is -0.503 e. The molecule has 168 valence electrons. The highest BCUT2D eigenvalue weighted by Gasteiger charge is 2.48. The predicted octanol–water partition coefficient (Wildman–Crippen LogP) is 2.47. The number of benzene rings is 1. The van der Waals surface area contributed by atoms with Gasteiger partial charge in [-0.15, -0.1) is 0 Å². The zero-order valence-electron chi connectivity index (χ0n) is 17.5. The average Bonchev–Trinajstić information content (AvgIpc) is 2.75. The molecule has 3 fully saturated rings. The van der Waals surface area contributed by atoms with Crippen LogP contribution in [0.25, 0.3) is 0 Å². The van der Waals surface area contributed by atoms with Crippen LogP contribution < -0.4 is 10.7 Å². The number of pyridine rings is 1. The van der Waals surface area contributed by atoms with Crippen molar-refractivity contribution >= 4 is 11.8 Å². The quantitative estimate of drug-likeness (QED) is 0.763. The van der Waals surface area contributed by atoms with E-state index in [0.717, 1.165) is 37.8 Å². The number of aromatic hydroxyl groups is 1. The van der Waals surface area contributed by atoms with E-state index >= 15 is 0 Å². The number of fused-ring (bicyclic) bond motifs is 3. The van der Waals surface area contributed by atoms with E-state index in [1.807, 2.05) is 0 Å². The molecule has 32 heavy (non-hydrogen) atoms. The second-order valence-electron chi connectivity index (χ2n) is 8.96. The third kappa shape index (κ3) is 3.10. The Bertz CT molecular complexity index is 1180. The molecule has 1 aliphatic carbocycles. The highest BCUT2D eigenvalue weighted by atomic mass is 19.1. The van der Waals surface area contributed by atoms with E-state index < -0.39 is 35.3 Å². The van der Waals surface area contributed by atoms with E-state index in [-0.39, 0.29) is 34.8 Å². The van der Waals surface area contributed by atoms with Gasteiger partial charge < -0.3 is 19.9 Å². The van der Waals surface area contributed by atoms with E-state index in [9.17, 15) is 28.3 Å². The number of piperidine rings is 2. The van der Waals surface area contributed by atoms with Crippen molar-refractivity contribution in [3.05, 3.63) is 62.6 Å². The lowest BCUT2D eigenvalue weighted by molar-refractivity contribution is -0.0181. The zero-order chi connectivity index (χ0) is 22.7. The molecule has 4 heterocycles. The Morgan fingerprint density at radius 1 is 1.16 bits per heavy atom. The number of amides is 2. The van der Waals surface area contributed by atoms with Crippen LogP contribution in [0.15, 0.2) is 23.1 Å². The summed E-state index contributed by atoms with van der Waals surface area (Å²) in [5.41, 5.74) is -1.38. The van der Waals surface area contributed by atoms with Gasteiger partial charge in [0.25, 0.3) is 11.8 Å². The lowest BCUT2D eigenvalue weighted by atomic mass is 9.73. The van der Waals surface area contributed by atoms with Crippen LogP contribution in [0.5, 0.6) is 5.75 Å². The topological polar surface area (TPSA) is 91.6 Å². The first kappa shape index (κ1) is 20.7. The normalized spacial score (nSPS) is 23.7. The van der Waals surface area contributed by atoms with Crippen molar-refractivity contribution in [2.75, 3.05) is 0 Å². The summed E-state index contributed by atoms with van der Waals surface area (Å²) in [4.78, 5) is 40.3. The van der Waals surface area contributed by atoms with E-state index in [1.54, 1.807) is 11.8 Å². The molecule has 0 radical (unpaired) electrons. The van der Waals surface area contributed by atoms with Crippen LogP contribution in [0, 0.1) is 24.5 Å². The summed E-state index contributed by atoms with van der Waals surface area (Å²) in [6, 6.07) is 2.39. The third-order valence-corrected chi connectivity index (χ3v) is 7.07. The van der Waals surface area contributed by atoms with Crippen LogP contribution in [-0.4, -0.2) is 38.5 Å². The number of hydrogen-bond acceptors (Lipinski definition) is 4. The summed E-state index contributed by atoms with van der Waals surface area (Å²) in [5, 5.41) is 12.9. The van der Waals surface area contributed by atoms with Crippen LogP contribution in [0.2, 0.25) is 0 Å². The standard InChI is InChI=1S/C23H23F2N3O4/c1-11-6-16(24)14(17(25)7-11)8-26-22(31)15-9-27-10-18-12-2-4-13(5-3-12)28(18)23(32)19(27)21(30)20(15)29/h6-7,9,12-13,18,30H,2-5,8,10H2,1H3,(H,26,31)/t12-,13+,18-/m0/s1. The van der Waals surface area contributed by atoms with Crippen molar-refractivity contribution in [2.45, 2.75) is 57.8 Å². The van der Waals surface area contributed by atoms with Gasteiger partial charge in [-0.1, -0.05) is 0 Å².